The summed E-state index contributed by atoms with van der Waals surface area (Å²) in [5, 5.41) is 0. The summed E-state index contributed by atoms with van der Waals surface area (Å²) in [6.07, 6.45) is 1.73. The van der Waals surface area contributed by atoms with Crippen LogP contribution in [0.1, 0.15) is 36.6 Å². The zero-order chi connectivity index (χ0) is 28.2. The smallest absolute Gasteiger partial charge is 0.338 e. The van der Waals surface area contributed by atoms with Crippen molar-refractivity contribution in [3.8, 4) is 11.5 Å². The van der Waals surface area contributed by atoms with Gasteiger partial charge in [-0.05, 0) is 43.7 Å². The predicted molar refractivity (Wildman–Crippen MR) is 152 cm³/mol. The minimum absolute atomic E-state index is 0.140. The number of benzene rings is 3. The Hall–Kier alpha value is -4.50. The van der Waals surface area contributed by atoms with Crippen LogP contribution in [0.5, 0.6) is 11.5 Å². The number of thiazole rings is 1. The average Bonchev–Trinajstić information content (AvgIpc) is 3.28. The molecule has 4 aromatic rings. The molecule has 1 atom stereocenters. The number of carbonyl (C=O) groups excluding carboxylic acids is 1. The Balaban J connectivity index is 1.82. The maximum Gasteiger partial charge on any atom is 0.338 e. The average molecular weight is 559 g/mol. The van der Waals surface area contributed by atoms with Crippen molar-refractivity contribution in [2.24, 2.45) is 4.99 Å². The predicted octanol–water partition coefficient (Wildman–Crippen LogP) is 4.48. The topological polar surface area (TPSA) is 79.1 Å². The van der Waals surface area contributed by atoms with Gasteiger partial charge in [-0.2, -0.15) is 0 Å². The maximum atomic E-state index is 14.0. The van der Waals surface area contributed by atoms with Crippen molar-refractivity contribution < 1.29 is 23.4 Å². The third-order valence-electron chi connectivity index (χ3n) is 6.36. The summed E-state index contributed by atoms with van der Waals surface area (Å²) >= 11 is 1.20. The van der Waals surface area contributed by atoms with E-state index in [2.05, 4.69) is 0 Å². The Morgan fingerprint density at radius 2 is 1.77 bits per heavy atom. The number of carbonyl (C=O) groups is 1. The molecule has 0 bridgehead atoms. The molecule has 40 heavy (non-hydrogen) atoms. The molecular formula is C31H27FN2O5S. The van der Waals surface area contributed by atoms with Gasteiger partial charge in [-0.15, -0.1) is 0 Å². The van der Waals surface area contributed by atoms with Gasteiger partial charge in [0.05, 0.1) is 42.2 Å². The molecule has 7 nitrogen and oxygen atoms in total. The first-order chi connectivity index (χ1) is 19.5. The number of nitrogens with zero attached hydrogens (tertiary/aromatic N) is 2. The molecule has 0 saturated heterocycles. The molecule has 1 aromatic heterocycles. The first kappa shape index (κ1) is 27.1. The zero-order valence-electron chi connectivity index (χ0n) is 22.2. The Labute approximate surface area is 234 Å². The van der Waals surface area contributed by atoms with E-state index >= 15 is 0 Å². The maximum absolute atomic E-state index is 14.0. The molecule has 5 rings (SSSR count). The molecule has 0 unspecified atom stereocenters. The highest BCUT2D eigenvalue weighted by Gasteiger charge is 2.35. The van der Waals surface area contributed by atoms with E-state index in [1.54, 1.807) is 38.3 Å². The number of methoxy groups -OCH3 is 1. The molecule has 9 heteroatoms. The third-order valence-corrected chi connectivity index (χ3v) is 7.35. The van der Waals surface area contributed by atoms with Crippen molar-refractivity contribution in [2.45, 2.75) is 19.9 Å². The van der Waals surface area contributed by atoms with Crippen LogP contribution >= 0.6 is 11.3 Å². The van der Waals surface area contributed by atoms with Crippen LogP contribution in [0.15, 0.2) is 88.2 Å². The molecule has 0 fully saturated rings. The number of hydrogen-bond acceptors (Lipinski definition) is 7. The van der Waals surface area contributed by atoms with Crippen molar-refractivity contribution in [1.29, 1.82) is 0 Å². The lowest BCUT2D eigenvalue weighted by molar-refractivity contribution is -0.138. The van der Waals surface area contributed by atoms with Gasteiger partial charge in [-0.25, -0.2) is 14.2 Å². The van der Waals surface area contributed by atoms with E-state index < -0.39 is 17.8 Å². The largest absolute Gasteiger partial charge is 0.493 e. The molecule has 0 aliphatic carbocycles. The monoisotopic (exact) mass is 558 g/mol. The third kappa shape index (κ3) is 5.08. The van der Waals surface area contributed by atoms with Gasteiger partial charge in [0.2, 0.25) is 0 Å². The molecule has 0 spiro atoms. The molecule has 0 N–H and O–H groups in total. The summed E-state index contributed by atoms with van der Waals surface area (Å²) in [4.78, 5) is 32.7. The second-order valence-electron chi connectivity index (χ2n) is 8.79. The van der Waals surface area contributed by atoms with Crippen LogP contribution in [0, 0.1) is 5.82 Å². The van der Waals surface area contributed by atoms with Crippen LogP contribution in [0.4, 0.5) is 4.39 Å². The lowest BCUT2D eigenvalue weighted by Gasteiger charge is -2.25. The molecule has 0 saturated carbocycles. The van der Waals surface area contributed by atoms with E-state index in [9.17, 15) is 14.0 Å². The van der Waals surface area contributed by atoms with Crippen molar-refractivity contribution in [3.05, 3.63) is 121 Å². The molecule has 204 valence electrons. The SMILES string of the molecule is CCOC(=O)C1=C(c2ccccc2)N=c2sc(=Cc3cccc(OC)c3OCC)c(=O)n2[C@H]1c1ccc(F)cc1. The standard InChI is InChI=1S/C31H27FN2O5S/c1-4-38-28-21(12-9-13-23(28)37-3)18-24-29(35)34-27(20-14-16-22(32)17-15-20)25(30(36)39-5-2)26(33-31(34)40-24)19-10-7-6-8-11-19/h6-18,27H,4-5H2,1-3H3/t27-/m0/s1. The Kier molecular flexibility index (Phi) is 7.93. The lowest BCUT2D eigenvalue weighted by Crippen LogP contribution is -2.40. The lowest BCUT2D eigenvalue weighted by atomic mass is 9.93. The minimum Gasteiger partial charge on any atom is -0.493 e. The number of rotatable bonds is 8. The van der Waals surface area contributed by atoms with E-state index in [1.165, 1.54) is 28.0 Å². The quantitative estimate of drug-likeness (QED) is 0.298. The molecular weight excluding hydrogens is 531 g/mol. The first-order valence-corrected chi connectivity index (χ1v) is 13.6. The zero-order valence-corrected chi connectivity index (χ0v) is 23.0. The second kappa shape index (κ2) is 11.7. The Morgan fingerprint density at radius 1 is 1.02 bits per heavy atom. The van der Waals surface area contributed by atoms with Gasteiger partial charge < -0.3 is 14.2 Å². The fourth-order valence-corrected chi connectivity index (χ4v) is 5.64. The van der Waals surface area contributed by atoms with Crippen LogP contribution in [0.2, 0.25) is 0 Å². The molecule has 2 heterocycles. The van der Waals surface area contributed by atoms with Crippen LogP contribution in [-0.2, 0) is 9.53 Å². The molecule has 1 aliphatic rings. The summed E-state index contributed by atoms with van der Waals surface area (Å²) in [6.45, 7) is 4.14. The van der Waals surface area contributed by atoms with Crippen molar-refractivity contribution >= 4 is 29.1 Å². The summed E-state index contributed by atoms with van der Waals surface area (Å²) < 4.78 is 32.6. The number of aromatic nitrogens is 1. The Bertz CT molecular complexity index is 1760. The highest BCUT2D eigenvalue weighted by Crippen LogP contribution is 2.35. The highest BCUT2D eigenvalue weighted by atomic mass is 32.1. The van der Waals surface area contributed by atoms with Gasteiger partial charge in [-0.3, -0.25) is 9.36 Å². The second-order valence-corrected chi connectivity index (χ2v) is 9.80. The van der Waals surface area contributed by atoms with Gasteiger partial charge in [0, 0.05) is 11.1 Å². The van der Waals surface area contributed by atoms with E-state index in [1.807, 2.05) is 49.4 Å². The van der Waals surface area contributed by atoms with Crippen molar-refractivity contribution in [2.75, 3.05) is 20.3 Å². The fourth-order valence-electron chi connectivity index (χ4n) is 4.65. The van der Waals surface area contributed by atoms with Gasteiger partial charge in [-0.1, -0.05) is 65.9 Å². The minimum atomic E-state index is -0.884. The number of ether oxygens (including phenoxy) is 3. The van der Waals surface area contributed by atoms with Crippen molar-refractivity contribution in [1.82, 2.24) is 4.57 Å². The van der Waals surface area contributed by atoms with Gasteiger partial charge in [0.25, 0.3) is 5.56 Å². The van der Waals surface area contributed by atoms with E-state index in [0.29, 0.717) is 49.8 Å². The number of esters is 1. The summed E-state index contributed by atoms with van der Waals surface area (Å²) in [7, 11) is 1.56. The normalized spacial score (nSPS) is 14.9. The number of fused-ring (bicyclic) bond motifs is 1. The van der Waals surface area contributed by atoms with E-state index in [-0.39, 0.29) is 17.7 Å². The van der Waals surface area contributed by atoms with E-state index in [0.717, 1.165) is 0 Å². The first-order valence-electron chi connectivity index (χ1n) is 12.8. The molecule has 0 radical (unpaired) electrons. The number of halogens is 1. The van der Waals surface area contributed by atoms with Crippen LogP contribution < -0.4 is 24.4 Å². The van der Waals surface area contributed by atoms with Crippen LogP contribution in [0.3, 0.4) is 0 Å². The van der Waals surface area contributed by atoms with Crippen molar-refractivity contribution in [3.63, 3.8) is 0 Å². The van der Waals surface area contributed by atoms with Gasteiger partial charge >= 0.3 is 5.97 Å². The summed E-state index contributed by atoms with van der Waals surface area (Å²) in [5.41, 5.74) is 2.17. The highest BCUT2D eigenvalue weighted by molar-refractivity contribution is 7.07. The molecule has 1 aliphatic heterocycles. The van der Waals surface area contributed by atoms with Crippen LogP contribution in [0.25, 0.3) is 11.8 Å². The molecule has 3 aromatic carbocycles. The number of para-hydroxylation sites is 1. The van der Waals surface area contributed by atoms with Gasteiger partial charge in [0.1, 0.15) is 5.82 Å². The van der Waals surface area contributed by atoms with Crippen LogP contribution in [-0.4, -0.2) is 30.9 Å². The van der Waals surface area contributed by atoms with E-state index in [4.69, 9.17) is 19.2 Å². The summed E-state index contributed by atoms with van der Waals surface area (Å²) in [6, 6.07) is 19.6. The molecule has 0 amide bonds. The Morgan fingerprint density at radius 3 is 2.45 bits per heavy atom. The number of hydrogen-bond donors (Lipinski definition) is 0. The summed E-state index contributed by atoms with van der Waals surface area (Å²) in [5.74, 6) is 0.0388. The fraction of sp³-hybridized carbons (Fsp3) is 0.194. The van der Waals surface area contributed by atoms with Gasteiger partial charge in [0.15, 0.2) is 16.3 Å².